The molecule has 0 saturated carbocycles. The molecule has 1 amide bonds. The molecule has 1 aromatic heterocycles. The van der Waals surface area contributed by atoms with E-state index in [0.29, 0.717) is 17.7 Å². The lowest BCUT2D eigenvalue weighted by molar-refractivity contribution is -0.130. The van der Waals surface area contributed by atoms with Crippen LogP contribution in [0.5, 0.6) is 5.75 Å². The fraction of sp³-hybridized carbons (Fsp3) is 0.333. The molecule has 2 aromatic carbocycles. The number of carbonyl (C=O) groups is 1. The van der Waals surface area contributed by atoms with Crippen molar-refractivity contribution in [3.8, 4) is 16.9 Å². The fourth-order valence-electron chi connectivity index (χ4n) is 3.58. The topological polar surface area (TPSA) is 100 Å². The van der Waals surface area contributed by atoms with Gasteiger partial charge in [-0.3, -0.25) is 9.59 Å². The van der Waals surface area contributed by atoms with Gasteiger partial charge >= 0.3 is 0 Å². The van der Waals surface area contributed by atoms with Crippen molar-refractivity contribution >= 4 is 29.1 Å². The van der Waals surface area contributed by atoms with Crippen molar-refractivity contribution in [2.45, 2.75) is 46.4 Å². The minimum atomic E-state index is -1.18. The number of benzene rings is 2. The summed E-state index contributed by atoms with van der Waals surface area (Å²) < 4.78 is 7.64. The molecule has 0 unspecified atom stereocenters. The van der Waals surface area contributed by atoms with Crippen molar-refractivity contribution in [1.82, 2.24) is 4.57 Å². The average molecular weight is 444 g/mol. The third-order valence-corrected chi connectivity index (χ3v) is 5.12. The molecule has 7 heteroatoms. The lowest BCUT2D eigenvalue weighted by Gasteiger charge is -2.24. The molecule has 3 aromatic rings. The first-order chi connectivity index (χ1) is 14.2. The molecular formula is C24H30ClN3O3. The summed E-state index contributed by atoms with van der Waals surface area (Å²) in [6.07, 6.45) is 0. The first kappa shape index (κ1) is 24.4. The molecule has 0 fully saturated rings. The van der Waals surface area contributed by atoms with Crippen molar-refractivity contribution in [2.24, 2.45) is 17.4 Å². The van der Waals surface area contributed by atoms with Gasteiger partial charge in [-0.2, -0.15) is 0 Å². The van der Waals surface area contributed by atoms with E-state index < -0.39 is 11.5 Å². The van der Waals surface area contributed by atoms with Crippen LogP contribution < -0.4 is 21.8 Å². The number of primary amides is 1. The Balaban J connectivity index is 0.00000341. The SMILES string of the molecule is CC(C)Cn1c(CN)c(-c2ccccc2)c2cc(OC(C)(C)C(N)=O)ccc2c1=O.Cl. The smallest absolute Gasteiger partial charge is 0.261 e. The van der Waals surface area contributed by atoms with Crippen molar-refractivity contribution in [3.05, 3.63) is 64.6 Å². The van der Waals surface area contributed by atoms with Gasteiger partial charge in [0.05, 0.1) is 0 Å². The fourth-order valence-corrected chi connectivity index (χ4v) is 3.58. The first-order valence-electron chi connectivity index (χ1n) is 10.1. The average Bonchev–Trinajstić information content (AvgIpc) is 2.69. The number of hydrogen-bond acceptors (Lipinski definition) is 4. The Bertz CT molecular complexity index is 1140. The highest BCUT2D eigenvalue weighted by atomic mass is 35.5. The van der Waals surface area contributed by atoms with E-state index in [9.17, 15) is 9.59 Å². The monoisotopic (exact) mass is 443 g/mol. The Kier molecular flexibility index (Phi) is 7.52. The Morgan fingerprint density at radius 3 is 2.29 bits per heavy atom. The van der Waals surface area contributed by atoms with Crippen LogP contribution in [0.25, 0.3) is 21.9 Å². The van der Waals surface area contributed by atoms with Crippen LogP contribution in [0.4, 0.5) is 0 Å². The Morgan fingerprint density at radius 1 is 1.10 bits per heavy atom. The van der Waals surface area contributed by atoms with Gasteiger partial charge < -0.3 is 20.8 Å². The molecule has 0 saturated heterocycles. The van der Waals surface area contributed by atoms with Crippen LogP contribution >= 0.6 is 12.4 Å². The maximum absolute atomic E-state index is 13.3. The summed E-state index contributed by atoms with van der Waals surface area (Å²) in [5, 5.41) is 1.32. The summed E-state index contributed by atoms with van der Waals surface area (Å²) in [6.45, 7) is 8.17. The molecule has 3 rings (SSSR count). The molecule has 0 aliphatic rings. The van der Waals surface area contributed by atoms with E-state index in [4.69, 9.17) is 16.2 Å². The molecule has 0 radical (unpaired) electrons. The number of ether oxygens (including phenoxy) is 1. The van der Waals surface area contributed by atoms with E-state index >= 15 is 0 Å². The minimum absolute atomic E-state index is 0. The quantitative estimate of drug-likeness (QED) is 0.579. The van der Waals surface area contributed by atoms with Gasteiger partial charge in [0.2, 0.25) is 0 Å². The number of carbonyl (C=O) groups excluding carboxylic acids is 1. The molecule has 0 aliphatic carbocycles. The van der Waals surface area contributed by atoms with Gasteiger partial charge in [-0.15, -0.1) is 12.4 Å². The zero-order chi connectivity index (χ0) is 22.1. The van der Waals surface area contributed by atoms with Gasteiger partial charge in [0, 0.05) is 35.1 Å². The molecule has 31 heavy (non-hydrogen) atoms. The number of nitrogens with zero attached hydrogens (tertiary/aromatic N) is 1. The first-order valence-corrected chi connectivity index (χ1v) is 10.1. The summed E-state index contributed by atoms with van der Waals surface area (Å²) in [7, 11) is 0. The highest BCUT2D eigenvalue weighted by Crippen LogP contribution is 2.34. The number of halogens is 1. The second-order valence-corrected chi connectivity index (χ2v) is 8.39. The molecule has 166 valence electrons. The van der Waals surface area contributed by atoms with Crippen LogP contribution in [0.1, 0.15) is 33.4 Å². The van der Waals surface area contributed by atoms with Crippen LogP contribution in [0.3, 0.4) is 0 Å². The largest absolute Gasteiger partial charge is 0.478 e. The normalized spacial score (nSPS) is 11.4. The number of nitrogens with two attached hydrogens (primary N) is 2. The third-order valence-electron chi connectivity index (χ3n) is 5.12. The van der Waals surface area contributed by atoms with Crippen molar-refractivity contribution in [1.29, 1.82) is 0 Å². The Morgan fingerprint density at radius 2 is 1.74 bits per heavy atom. The van der Waals surface area contributed by atoms with Crippen LogP contribution in [-0.2, 0) is 17.9 Å². The number of pyridine rings is 1. The van der Waals surface area contributed by atoms with Gasteiger partial charge in [-0.25, -0.2) is 0 Å². The standard InChI is InChI=1S/C24H29N3O3.ClH/c1-15(2)14-27-20(13-25)21(16-8-6-5-7-9-16)19-12-17(10-11-18(19)22(27)28)30-24(3,4)23(26)29;/h5-12,15H,13-14,25H2,1-4H3,(H2,26,29);1H. The maximum atomic E-state index is 13.3. The van der Waals surface area contributed by atoms with Gasteiger partial charge in [-0.05, 0) is 43.5 Å². The zero-order valence-corrected chi connectivity index (χ0v) is 19.2. The van der Waals surface area contributed by atoms with Gasteiger partial charge in [0.15, 0.2) is 5.60 Å². The molecule has 1 heterocycles. The second-order valence-electron chi connectivity index (χ2n) is 8.39. The predicted octanol–water partition coefficient (Wildman–Crippen LogP) is 3.85. The number of fused-ring (bicyclic) bond motifs is 1. The molecule has 0 aliphatic heterocycles. The summed E-state index contributed by atoms with van der Waals surface area (Å²) in [5.74, 6) is 0.182. The van der Waals surface area contributed by atoms with E-state index in [-0.39, 0.29) is 30.4 Å². The van der Waals surface area contributed by atoms with E-state index in [2.05, 4.69) is 13.8 Å². The highest BCUT2D eigenvalue weighted by Gasteiger charge is 2.27. The Labute approximate surface area is 188 Å². The maximum Gasteiger partial charge on any atom is 0.261 e. The van der Waals surface area contributed by atoms with Gasteiger partial charge in [0.1, 0.15) is 5.75 Å². The summed E-state index contributed by atoms with van der Waals surface area (Å²) in [5.41, 5.74) is 13.0. The van der Waals surface area contributed by atoms with E-state index in [0.717, 1.165) is 22.2 Å². The molecule has 0 bridgehead atoms. The van der Waals surface area contributed by atoms with E-state index in [1.165, 1.54) is 0 Å². The van der Waals surface area contributed by atoms with Gasteiger partial charge in [0.25, 0.3) is 11.5 Å². The van der Waals surface area contributed by atoms with Crippen LogP contribution in [0, 0.1) is 5.92 Å². The Hall–Kier alpha value is -2.83. The predicted molar refractivity (Wildman–Crippen MR) is 128 cm³/mol. The van der Waals surface area contributed by atoms with Gasteiger partial charge in [-0.1, -0.05) is 44.2 Å². The summed E-state index contributed by atoms with van der Waals surface area (Å²) in [6, 6.07) is 15.1. The van der Waals surface area contributed by atoms with Crippen molar-refractivity contribution < 1.29 is 9.53 Å². The molecular weight excluding hydrogens is 414 g/mol. The van der Waals surface area contributed by atoms with Crippen LogP contribution in [0.15, 0.2) is 53.3 Å². The van der Waals surface area contributed by atoms with Crippen molar-refractivity contribution in [2.75, 3.05) is 0 Å². The minimum Gasteiger partial charge on any atom is -0.478 e. The highest BCUT2D eigenvalue weighted by molar-refractivity contribution is 5.98. The van der Waals surface area contributed by atoms with Crippen LogP contribution in [0.2, 0.25) is 0 Å². The van der Waals surface area contributed by atoms with Crippen LogP contribution in [-0.4, -0.2) is 16.1 Å². The second kappa shape index (κ2) is 9.54. The van der Waals surface area contributed by atoms with E-state index in [1.807, 2.05) is 30.3 Å². The molecule has 4 N–H and O–H groups in total. The lowest BCUT2D eigenvalue weighted by Crippen LogP contribution is -2.43. The molecule has 6 nitrogen and oxygen atoms in total. The number of aromatic nitrogens is 1. The number of hydrogen-bond donors (Lipinski definition) is 2. The molecule has 0 spiro atoms. The zero-order valence-electron chi connectivity index (χ0n) is 18.3. The lowest BCUT2D eigenvalue weighted by atomic mass is 9.96. The van der Waals surface area contributed by atoms with E-state index in [1.54, 1.807) is 36.6 Å². The molecule has 0 atom stereocenters. The number of rotatable bonds is 7. The number of amides is 1. The third kappa shape index (κ3) is 4.92. The summed E-state index contributed by atoms with van der Waals surface area (Å²) >= 11 is 0. The van der Waals surface area contributed by atoms with Crippen molar-refractivity contribution in [3.63, 3.8) is 0 Å². The summed E-state index contributed by atoms with van der Waals surface area (Å²) in [4.78, 5) is 25.0.